The van der Waals surface area contributed by atoms with Gasteiger partial charge in [0.15, 0.2) is 0 Å². The third kappa shape index (κ3) is 6.72. The van der Waals surface area contributed by atoms with Crippen LogP contribution in [-0.2, 0) is 11.4 Å². The van der Waals surface area contributed by atoms with Crippen LogP contribution in [0.1, 0.15) is 49.3 Å². The largest absolute Gasteiger partial charge is 0.489 e. The molecule has 4 aromatic rings. The smallest absolute Gasteiger partial charge is 0.266 e. The SMILES string of the molecule is CCCCCCN1C(=O)/C(=C/c2cn(-c3ccccc3)nc2-c2cccc(OCc3ccc(C)cc3)c2)SC1=S. The molecule has 0 spiro atoms. The van der Waals surface area contributed by atoms with E-state index in [0.29, 0.717) is 22.4 Å². The fourth-order valence-corrected chi connectivity index (χ4v) is 5.84. The summed E-state index contributed by atoms with van der Waals surface area (Å²) in [5.74, 6) is 0.733. The zero-order chi connectivity index (χ0) is 27.9. The molecule has 1 fully saturated rings. The number of benzene rings is 3. The van der Waals surface area contributed by atoms with Gasteiger partial charge in [-0.3, -0.25) is 9.69 Å². The Balaban J connectivity index is 1.43. The van der Waals surface area contributed by atoms with Crippen molar-refractivity contribution in [1.29, 1.82) is 0 Å². The van der Waals surface area contributed by atoms with Crippen molar-refractivity contribution in [2.45, 2.75) is 46.1 Å². The molecule has 3 aromatic carbocycles. The van der Waals surface area contributed by atoms with Crippen molar-refractivity contribution in [2.75, 3.05) is 6.54 Å². The highest BCUT2D eigenvalue weighted by atomic mass is 32.2. The van der Waals surface area contributed by atoms with Crippen molar-refractivity contribution >= 4 is 40.3 Å². The fraction of sp³-hybridized carbons (Fsp3) is 0.242. The summed E-state index contributed by atoms with van der Waals surface area (Å²) in [7, 11) is 0. The number of hydrogen-bond acceptors (Lipinski definition) is 5. The number of unbranched alkanes of at least 4 members (excludes halogenated alkanes) is 3. The lowest BCUT2D eigenvalue weighted by atomic mass is 10.1. The predicted molar refractivity (Wildman–Crippen MR) is 169 cm³/mol. The normalized spacial score (nSPS) is 14.3. The minimum Gasteiger partial charge on any atom is -0.489 e. The van der Waals surface area contributed by atoms with E-state index in [1.807, 2.05) is 71.6 Å². The first-order chi connectivity index (χ1) is 19.5. The van der Waals surface area contributed by atoms with E-state index in [-0.39, 0.29) is 5.91 Å². The summed E-state index contributed by atoms with van der Waals surface area (Å²) in [6.07, 6.45) is 8.28. The van der Waals surface area contributed by atoms with Gasteiger partial charge in [0.05, 0.1) is 10.6 Å². The molecule has 5 rings (SSSR count). The van der Waals surface area contributed by atoms with Crippen molar-refractivity contribution < 1.29 is 9.53 Å². The first kappa shape index (κ1) is 27.9. The Labute approximate surface area is 245 Å². The van der Waals surface area contributed by atoms with Crippen LogP contribution < -0.4 is 4.74 Å². The number of carbonyl (C=O) groups is 1. The number of hydrogen-bond donors (Lipinski definition) is 0. The van der Waals surface area contributed by atoms with Crippen LogP contribution >= 0.6 is 24.0 Å². The molecule has 0 unspecified atom stereocenters. The second-order valence-corrected chi connectivity index (χ2v) is 11.6. The van der Waals surface area contributed by atoms with Crippen LogP contribution in [0.3, 0.4) is 0 Å². The maximum absolute atomic E-state index is 13.3. The summed E-state index contributed by atoms with van der Waals surface area (Å²) < 4.78 is 8.60. The summed E-state index contributed by atoms with van der Waals surface area (Å²) in [5.41, 5.74) is 5.82. The highest BCUT2D eigenvalue weighted by molar-refractivity contribution is 8.26. The van der Waals surface area contributed by atoms with Gasteiger partial charge in [-0.15, -0.1) is 0 Å². The van der Waals surface area contributed by atoms with E-state index in [9.17, 15) is 4.79 Å². The lowest BCUT2D eigenvalue weighted by Gasteiger charge is -2.13. The molecule has 5 nitrogen and oxygen atoms in total. The summed E-state index contributed by atoms with van der Waals surface area (Å²) in [6, 6.07) is 26.3. The maximum Gasteiger partial charge on any atom is 0.266 e. The summed E-state index contributed by atoms with van der Waals surface area (Å²) >= 11 is 6.95. The molecule has 0 N–H and O–H groups in total. The monoisotopic (exact) mass is 567 g/mol. The standard InChI is InChI=1S/C33H33N3O2S2/c1-3-4-5-9-19-35-32(37)30(40-33(35)39)21-27-22-36(28-12-7-6-8-13-28)34-31(27)26-11-10-14-29(20-26)38-23-25-17-15-24(2)16-18-25/h6-8,10-18,20-22H,3-5,9,19,23H2,1-2H3/b30-21-. The molecule has 0 bridgehead atoms. The zero-order valence-electron chi connectivity index (χ0n) is 22.9. The Morgan fingerprint density at radius 1 is 0.975 bits per heavy atom. The van der Waals surface area contributed by atoms with Gasteiger partial charge in [-0.1, -0.05) is 110 Å². The van der Waals surface area contributed by atoms with E-state index in [1.54, 1.807) is 4.90 Å². The topological polar surface area (TPSA) is 47.4 Å². The van der Waals surface area contributed by atoms with Crippen LogP contribution in [0.2, 0.25) is 0 Å². The molecule has 0 saturated carbocycles. The quantitative estimate of drug-likeness (QED) is 0.104. The third-order valence-corrected chi connectivity index (χ3v) is 8.17. The van der Waals surface area contributed by atoms with Crippen molar-refractivity contribution in [2.24, 2.45) is 0 Å². The Morgan fingerprint density at radius 3 is 2.55 bits per heavy atom. The van der Waals surface area contributed by atoms with E-state index in [2.05, 4.69) is 38.1 Å². The molecule has 1 amide bonds. The molecule has 2 heterocycles. The molecule has 7 heteroatoms. The van der Waals surface area contributed by atoms with Crippen molar-refractivity contribution in [3.63, 3.8) is 0 Å². The van der Waals surface area contributed by atoms with Gasteiger partial charge < -0.3 is 4.74 Å². The van der Waals surface area contributed by atoms with Gasteiger partial charge in [0.2, 0.25) is 0 Å². The molecule has 0 aliphatic carbocycles. The van der Waals surface area contributed by atoms with Gasteiger partial charge in [-0.25, -0.2) is 4.68 Å². The predicted octanol–water partition coefficient (Wildman–Crippen LogP) is 8.21. The highest BCUT2D eigenvalue weighted by Gasteiger charge is 2.32. The van der Waals surface area contributed by atoms with Crippen molar-refractivity contribution in [1.82, 2.24) is 14.7 Å². The van der Waals surface area contributed by atoms with Gasteiger partial charge in [0.25, 0.3) is 5.91 Å². The second kappa shape index (κ2) is 13.1. The third-order valence-electron chi connectivity index (χ3n) is 6.79. The van der Waals surface area contributed by atoms with Gasteiger partial charge in [-0.2, -0.15) is 5.10 Å². The Hall–Kier alpha value is -3.68. The molecule has 1 aliphatic rings. The first-order valence-corrected chi connectivity index (χ1v) is 14.9. The fourth-order valence-electron chi connectivity index (χ4n) is 4.55. The van der Waals surface area contributed by atoms with E-state index < -0.39 is 0 Å². The number of para-hydroxylation sites is 1. The van der Waals surface area contributed by atoms with Gasteiger partial charge in [0.1, 0.15) is 22.4 Å². The Morgan fingerprint density at radius 2 is 1.77 bits per heavy atom. The van der Waals surface area contributed by atoms with Crippen LogP contribution in [0.15, 0.2) is 90.0 Å². The average molecular weight is 568 g/mol. The van der Waals surface area contributed by atoms with Crippen LogP contribution in [0.25, 0.3) is 23.0 Å². The molecule has 0 atom stereocenters. The number of aromatic nitrogens is 2. The highest BCUT2D eigenvalue weighted by Crippen LogP contribution is 2.35. The second-order valence-electron chi connectivity index (χ2n) is 9.91. The van der Waals surface area contributed by atoms with Gasteiger partial charge in [-0.05, 0) is 49.2 Å². The number of aryl methyl sites for hydroxylation is 1. The molecule has 0 radical (unpaired) electrons. The number of ether oxygens (including phenoxy) is 1. The minimum atomic E-state index is -0.0277. The van der Waals surface area contributed by atoms with Crippen LogP contribution in [0, 0.1) is 6.92 Å². The van der Waals surface area contributed by atoms with E-state index in [0.717, 1.165) is 53.1 Å². The molecule has 1 aromatic heterocycles. The summed E-state index contributed by atoms with van der Waals surface area (Å²) in [6.45, 7) is 5.40. The Kier molecular flexibility index (Phi) is 9.14. The molecule has 204 valence electrons. The number of rotatable bonds is 11. The molecular formula is C33H33N3O2S2. The van der Waals surface area contributed by atoms with E-state index >= 15 is 0 Å². The van der Waals surface area contributed by atoms with E-state index in [1.165, 1.54) is 23.7 Å². The lowest BCUT2D eigenvalue weighted by Crippen LogP contribution is -2.29. The number of amides is 1. The summed E-state index contributed by atoms with van der Waals surface area (Å²) in [5, 5.41) is 4.94. The average Bonchev–Trinajstić information content (AvgIpc) is 3.52. The van der Waals surface area contributed by atoms with Gasteiger partial charge in [0, 0.05) is 23.9 Å². The number of nitrogens with zero attached hydrogens (tertiary/aromatic N) is 3. The number of thiocarbonyl (C=S) groups is 1. The van der Waals surface area contributed by atoms with Crippen molar-refractivity contribution in [3.05, 3.63) is 107 Å². The minimum absolute atomic E-state index is 0.0277. The van der Waals surface area contributed by atoms with Gasteiger partial charge >= 0.3 is 0 Å². The molecular weight excluding hydrogens is 535 g/mol. The van der Waals surface area contributed by atoms with E-state index in [4.69, 9.17) is 22.1 Å². The van der Waals surface area contributed by atoms with Crippen LogP contribution in [0.5, 0.6) is 5.75 Å². The first-order valence-electron chi connectivity index (χ1n) is 13.7. The van der Waals surface area contributed by atoms with Crippen LogP contribution in [-0.4, -0.2) is 31.5 Å². The zero-order valence-corrected chi connectivity index (χ0v) is 24.5. The lowest BCUT2D eigenvalue weighted by molar-refractivity contribution is -0.122. The molecule has 1 aliphatic heterocycles. The maximum atomic E-state index is 13.3. The van der Waals surface area contributed by atoms with Crippen molar-refractivity contribution in [3.8, 4) is 22.7 Å². The number of thioether (sulfide) groups is 1. The molecule has 40 heavy (non-hydrogen) atoms. The Bertz CT molecular complexity index is 1510. The number of carbonyl (C=O) groups excluding carboxylic acids is 1. The summed E-state index contributed by atoms with van der Waals surface area (Å²) in [4.78, 5) is 15.7. The molecule has 1 saturated heterocycles. The van der Waals surface area contributed by atoms with Crippen LogP contribution in [0.4, 0.5) is 0 Å².